The molecular weight excluding hydrogens is 231 g/mol. The second-order valence-corrected chi connectivity index (χ2v) is 4.58. The van der Waals surface area contributed by atoms with E-state index in [0.29, 0.717) is 6.42 Å². The van der Waals surface area contributed by atoms with E-state index >= 15 is 0 Å². The van der Waals surface area contributed by atoms with Crippen molar-refractivity contribution >= 4 is 11.5 Å². The lowest BCUT2D eigenvalue weighted by atomic mass is 10.2. The second kappa shape index (κ2) is 5.82. The van der Waals surface area contributed by atoms with Crippen molar-refractivity contribution in [3.8, 4) is 0 Å². The SMILES string of the molecule is N=C(N)CCN1CCN(c2cccc(F)c2)CC1. The number of anilines is 1. The summed E-state index contributed by atoms with van der Waals surface area (Å²) in [6.45, 7) is 4.49. The van der Waals surface area contributed by atoms with Crippen LogP contribution in [0.2, 0.25) is 0 Å². The molecule has 0 unspecified atom stereocenters. The normalized spacial score (nSPS) is 16.8. The van der Waals surface area contributed by atoms with Crippen molar-refractivity contribution in [2.24, 2.45) is 5.73 Å². The number of benzene rings is 1. The Bertz CT molecular complexity index is 413. The van der Waals surface area contributed by atoms with Gasteiger partial charge >= 0.3 is 0 Å². The van der Waals surface area contributed by atoms with Crippen LogP contribution in [0, 0.1) is 11.2 Å². The van der Waals surface area contributed by atoms with Crippen molar-refractivity contribution in [1.29, 1.82) is 5.41 Å². The van der Waals surface area contributed by atoms with Gasteiger partial charge in [-0.2, -0.15) is 0 Å². The van der Waals surface area contributed by atoms with E-state index in [0.717, 1.165) is 38.4 Å². The maximum atomic E-state index is 13.1. The fraction of sp³-hybridized carbons (Fsp3) is 0.462. The van der Waals surface area contributed by atoms with Crippen LogP contribution in [-0.2, 0) is 0 Å². The van der Waals surface area contributed by atoms with Gasteiger partial charge in [0, 0.05) is 44.8 Å². The molecule has 0 bridgehead atoms. The Morgan fingerprint density at radius 2 is 2.00 bits per heavy atom. The van der Waals surface area contributed by atoms with Gasteiger partial charge in [-0.05, 0) is 18.2 Å². The lowest BCUT2D eigenvalue weighted by molar-refractivity contribution is 0.264. The summed E-state index contributed by atoms with van der Waals surface area (Å²) >= 11 is 0. The molecule has 1 fully saturated rings. The van der Waals surface area contributed by atoms with Crippen molar-refractivity contribution in [3.63, 3.8) is 0 Å². The zero-order chi connectivity index (χ0) is 13.0. The van der Waals surface area contributed by atoms with Crippen LogP contribution in [0.3, 0.4) is 0 Å². The number of hydrogen-bond donors (Lipinski definition) is 2. The summed E-state index contributed by atoms with van der Waals surface area (Å²) in [5.74, 6) is 0.0501. The molecule has 1 aliphatic heterocycles. The van der Waals surface area contributed by atoms with Crippen molar-refractivity contribution in [3.05, 3.63) is 30.1 Å². The molecule has 1 aliphatic rings. The van der Waals surface area contributed by atoms with Gasteiger partial charge in [0.2, 0.25) is 0 Å². The van der Waals surface area contributed by atoms with Crippen LogP contribution in [0.15, 0.2) is 24.3 Å². The van der Waals surface area contributed by atoms with Gasteiger partial charge in [-0.15, -0.1) is 0 Å². The molecule has 0 spiro atoms. The molecule has 18 heavy (non-hydrogen) atoms. The highest BCUT2D eigenvalue weighted by atomic mass is 19.1. The minimum atomic E-state index is -0.188. The number of amidine groups is 1. The van der Waals surface area contributed by atoms with Crippen LogP contribution in [0.5, 0.6) is 0 Å². The summed E-state index contributed by atoms with van der Waals surface area (Å²) in [5.41, 5.74) is 6.29. The molecule has 0 aliphatic carbocycles. The minimum Gasteiger partial charge on any atom is -0.388 e. The predicted molar refractivity (Wildman–Crippen MR) is 71.6 cm³/mol. The molecule has 0 atom stereocenters. The summed E-state index contributed by atoms with van der Waals surface area (Å²) in [6, 6.07) is 6.72. The van der Waals surface area contributed by atoms with E-state index < -0.39 is 0 Å². The molecule has 0 radical (unpaired) electrons. The molecule has 0 aromatic heterocycles. The van der Waals surface area contributed by atoms with E-state index in [4.69, 9.17) is 11.1 Å². The van der Waals surface area contributed by atoms with E-state index in [9.17, 15) is 4.39 Å². The first-order valence-corrected chi connectivity index (χ1v) is 6.21. The summed E-state index contributed by atoms with van der Waals surface area (Å²) in [6.07, 6.45) is 0.625. The van der Waals surface area contributed by atoms with Crippen LogP contribution < -0.4 is 10.6 Å². The quantitative estimate of drug-likeness (QED) is 0.625. The van der Waals surface area contributed by atoms with E-state index in [1.54, 1.807) is 12.1 Å². The van der Waals surface area contributed by atoms with E-state index in [1.807, 2.05) is 6.07 Å². The molecule has 5 heteroatoms. The number of nitrogens with one attached hydrogen (secondary N) is 1. The number of piperazine rings is 1. The highest BCUT2D eigenvalue weighted by molar-refractivity contribution is 5.76. The monoisotopic (exact) mass is 250 g/mol. The number of rotatable bonds is 4. The van der Waals surface area contributed by atoms with Crippen LogP contribution >= 0.6 is 0 Å². The molecule has 3 N–H and O–H groups in total. The van der Waals surface area contributed by atoms with Crippen LogP contribution in [-0.4, -0.2) is 43.5 Å². The summed E-state index contributed by atoms with van der Waals surface area (Å²) in [4.78, 5) is 4.48. The van der Waals surface area contributed by atoms with Gasteiger partial charge < -0.3 is 10.6 Å². The highest BCUT2D eigenvalue weighted by Gasteiger charge is 2.17. The van der Waals surface area contributed by atoms with Gasteiger partial charge in [0.25, 0.3) is 0 Å². The fourth-order valence-electron chi connectivity index (χ4n) is 2.18. The lowest BCUT2D eigenvalue weighted by Crippen LogP contribution is -2.47. The van der Waals surface area contributed by atoms with Gasteiger partial charge in [0.05, 0.1) is 5.84 Å². The third-order valence-corrected chi connectivity index (χ3v) is 3.24. The van der Waals surface area contributed by atoms with Crippen molar-refractivity contribution in [2.75, 3.05) is 37.6 Å². The Labute approximate surface area is 107 Å². The number of hydrogen-bond acceptors (Lipinski definition) is 3. The molecule has 0 saturated carbocycles. The van der Waals surface area contributed by atoms with E-state index in [1.165, 1.54) is 6.07 Å². The van der Waals surface area contributed by atoms with Gasteiger partial charge in [0.1, 0.15) is 5.82 Å². The first kappa shape index (κ1) is 12.8. The van der Waals surface area contributed by atoms with Crippen molar-refractivity contribution < 1.29 is 4.39 Å². The maximum absolute atomic E-state index is 13.1. The average Bonchev–Trinajstić information content (AvgIpc) is 2.37. The maximum Gasteiger partial charge on any atom is 0.125 e. The van der Waals surface area contributed by atoms with Crippen LogP contribution in [0.1, 0.15) is 6.42 Å². The molecule has 1 saturated heterocycles. The molecule has 1 heterocycles. The average molecular weight is 250 g/mol. The Balaban J connectivity index is 1.85. The zero-order valence-electron chi connectivity index (χ0n) is 10.4. The van der Waals surface area contributed by atoms with Crippen molar-refractivity contribution in [2.45, 2.75) is 6.42 Å². The largest absolute Gasteiger partial charge is 0.388 e. The van der Waals surface area contributed by atoms with E-state index in [-0.39, 0.29) is 11.7 Å². The highest BCUT2D eigenvalue weighted by Crippen LogP contribution is 2.17. The first-order chi connectivity index (χ1) is 8.65. The number of halogens is 1. The molecule has 1 aromatic rings. The molecular formula is C13H19FN4. The molecule has 2 rings (SSSR count). The van der Waals surface area contributed by atoms with Crippen molar-refractivity contribution in [1.82, 2.24) is 4.90 Å². The Morgan fingerprint density at radius 3 is 2.61 bits per heavy atom. The number of nitrogens with two attached hydrogens (primary N) is 1. The fourth-order valence-corrected chi connectivity index (χ4v) is 2.18. The van der Waals surface area contributed by atoms with E-state index in [2.05, 4.69) is 9.80 Å². The van der Waals surface area contributed by atoms with Gasteiger partial charge in [-0.25, -0.2) is 4.39 Å². The van der Waals surface area contributed by atoms with Gasteiger partial charge in [-0.1, -0.05) is 6.07 Å². The molecule has 0 amide bonds. The summed E-state index contributed by atoms with van der Waals surface area (Å²) < 4.78 is 13.1. The zero-order valence-corrected chi connectivity index (χ0v) is 10.4. The molecule has 1 aromatic carbocycles. The smallest absolute Gasteiger partial charge is 0.125 e. The first-order valence-electron chi connectivity index (χ1n) is 6.21. The third-order valence-electron chi connectivity index (χ3n) is 3.24. The Kier molecular flexibility index (Phi) is 4.15. The lowest BCUT2D eigenvalue weighted by Gasteiger charge is -2.36. The summed E-state index contributed by atoms with van der Waals surface area (Å²) in [5, 5.41) is 7.21. The predicted octanol–water partition coefficient (Wildman–Crippen LogP) is 1.27. The van der Waals surface area contributed by atoms with Crippen LogP contribution in [0.4, 0.5) is 10.1 Å². The standard InChI is InChI=1S/C13H19FN4/c14-11-2-1-3-12(10-11)18-8-6-17(7-9-18)5-4-13(15)16/h1-3,10H,4-9H2,(H3,15,16). The topological polar surface area (TPSA) is 56.4 Å². The van der Waals surface area contributed by atoms with Gasteiger partial charge in [0.15, 0.2) is 0 Å². The summed E-state index contributed by atoms with van der Waals surface area (Å²) in [7, 11) is 0. The Hall–Kier alpha value is -1.62. The molecule has 4 nitrogen and oxygen atoms in total. The van der Waals surface area contributed by atoms with Gasteiger partial charge in [-0.3, -0.25) is 10.3 Å². The molecule has 98 valence electrons. The van der Waals surface area contributed by atoms with Crippen LogP contribution in [0.25, 0.3) is 0 Å². The Morgan fingerprint density at radius 1 is 1.28 bits per heavy atom. The number of nitrogens with zero attached hydrogens (tertiary/aromatic N) is 2. The minimum absolute atomic E-state index is 0.188. The third kappa shape index (κ3) is 3.43. The second-order valence-electron chi connectivity index (χ2n) is 4.58.